The highest BCUT2D eigenvalue weighted by Gasteiger charge is 2.37. The molecule has 0 bridgehead atoms. The van der Waals surface area contributed by atoms with Crippen molar-refractivity contribution in [3.05, 3.63) is 28.2 Å². The van der Waals surface area contributed by atoms with E-state index in [0.717, 1.165) is 10.7 Å². The van der Waals surface area contributed by atoms with Gasteiger partial charge in [0.25, 0.3) is 0 Å². The third-order valence-corrected chi connectivity index (χ3v) is 6.06. The molecule has 0 aliphatic carbocycles. The number of ketones is 1. The largest absolute Gasteiger partial charge is 0.497 e. The van der Waals surface area contributed by atoms with Gasteiger partial charge in [0.15, 0.2) is 15.6 Å². The number of benzene rings is 1. The van der Waals surface area contributed by atoms with Gasteiger partial charge in [-0.3, -0.25) is 4.79 Å². The number of hydrogen-bond acceptors (Lipinski definition) is 4. The average molecular weight is 349 g/mol. The van der Waals surface area contributed by atoms with Crippen LogP contribution < -0.4 is 4.74 Å². The van der Waals surface area contributed by atoms with Crippen LogP contribution in [-0.4, -0.2) is 32.3 Å². The predicted octanol–water partition coefficient (Wildman–Crippen LogP) is 2.39. The number of carbonyl (C=O) groups excluding carboxylic acids is 1. The summed E-state index contributed by atoms with van der Waals surface area (Å²) in [5.41, 5.74) is 0.709. The van der Waals surface area contributed by atoms with E-state index in [2.05, 4.69) is 15.9 Å². The maximum atomic E-state index is 12.2. The molecular weight excluding hydrogens is 332 g/mol. The van der Waals surface area contributed by atoms with Gasteiger partial charge in [0.05, 0.1) is 7.11 Å². The van der Waals surface area contributed by atoms with Crippen molar-refractivity contribution in [3.63, 3.8) is 0 Å². The summed E-state index contributed by atoms with van der Waals surface area (Å²) in [5, 5.41) is 0. The summed E-state index contributed by atoms with van der Waals surface area (Å²) in [6, 6.07) is 5.26. The van der Waals surface area contributed by atoms with Gasteiger partial charge in [-0.25, -0.2) is 8.42 Å². The number of methoxy groups -OCH3 is 1. The summed E-state index contributed by atoms with van der Waals surface area (Å²) in [7, 11) is -1.91. The molecule has 0 unspecified atom stereocenters. The lowest BCUT2D eigenvalue weighted by molar-refractivity contribution is -0.120. The van der Waals surface area contributed by atoms with Gasteiger partial charge < -0.3 is 4.74 Å². The standard InChI is InChI=1S/C13H17BrO4S/c1-13(2,19(4,16)17)12(15)8-9-7-10(18-3)5-6-11(9)14/h5-7H,8H2,1-4H3. The Labute approximate surface area is 122 Å². The molecule has 1 rings (SSSR count). The lowest BCUT2D eigenvalue weighted by Crippen LogP contribution is -2.40. The van der Waals surface area contributed by atoms with Crippen molar-refractivity contribution in [3.8, 4) is 5.75 Å². The summed E-state index contributed by atoms with van der Waals surface area (Å²) < 4.78 is 27.7. The second-order valence-corrected chi connectivity index (χ2v) is 8.26. The number of halogens is 1. The Bertz CT molecular complexity index is 591. The van der Waals surface area contributed by atoms with Crippen LogP contribution >= 0.6 is 15.9 Å². The third kappa shape index (κ3) is 3.57. The smallest absolute Gasteiger partial charge is 0.159 e. The fourth-order valence-electron chi connectivity index (χ4n) is 1.41. The summed E-state index contributed by atoms with van der Waals surface area (Å²) in [5.74, 6) is 0.284. The van der Waals surface area contributed by atoms with E-state index in [1.807, 2.05) is 0 Å². The molecule has 0 saturated carbocycles. The van der Waals surface area contributed by atoms with E-state index in [1.165, 1.54) is 21.0 Å². The van der Waals surface area contributed by atoms with Crippen molar-refractivity contribution in [1.29, 1.82) is 0 Å². The quantitative estimate of drug-likeness (QED) is 0.819. The van der Waals surface area contributed by atoms with Gasteiger partial charge in [0, 0.05) is 17.1 Å². The molecule has 0 aliphatic rings. The zero-order chi connectivity index (χ0) is 14.8. The van der Waals surface area contributed by atoms with Crippen LogP contribution in [0.1, 0.15) is 19.4 Å². The average Bonchev–Trinajstić information content (AvgIpc) is 2.30. The molecule has 0 saturated heterocycles. The van der Waals surface area contributed by atoms with Crippen molar-refractivity contribution >= 4 is 31.6 Å². The maximum absolute atomic E-state index is 12.2. The molecule has 6 heteroatoms. The summed E-state index contributed by atoms with van der Waals surface area (Å²) in [4.78, 5) is 12.2. The van der Waals surface area contributed by atoms with Crippen LogP contribution in [0, 0.1) is 0 Å². The number of hydrogen-bond donors (Lipinski definition) is 0. The SMILES string of the molecule is COc1ccc(Br)c(CC(=O)C(C)(C)S(C)(=O)=O)c1. The van der Waals surface area contributed by atoms with Crippen LogP contribution in [0.15, 0.2) is 22.7 Å². The first kappa shape index (κ1) is 16.2. The molecule has 1 aromatic rings. The van der Waals surface area contributed by atoms with Crippen molar-refractivity contribution < 1.29 is 17.9 Å². The Morgan fingerprint density at radius 1 is 1.37 bits per heavy atom. The number of ether oxygens (including phenoxy) is 1. The van der Waals surface area contributed by atoms with Crippen molar-refractivity contribution in [2.75, 3.05) is 13.4 Å². The fourth-order valence-corrected chi connectivity index (χ4v) is 2.28. The molecule has 0 fully saturated rings. The topological polar surface area (TPSA) is 60.4 Å². The molecule has 19 heavy (non-hydrogen) atoms. The second-order valence-electron chi connectivity index (χ2n) is 4.84. The second kappa shape index (κ2) is 5.63. The molecular formula is C13H17BrO4S. The minimum absolute atomic E-state index is 0.0395. The maximum Gasteiger partial charge on any atom is 0.159 e. The van der Waals surface area contributed by atoms with Crippen LogP contribution in [0.2, 0.25) is 0 Å². The summed E-state index contributed by atoms with van der Waals surface area (Å²) in [6.07, 6.45) is 1.11. The third-order valence-electron chi connectivity index (χ3n) is 3.20. The number of carbonyl (C=O) groups is 1. The molecule has 0 aromatic heterocycles. The van der Waals surface area contributed by atoms with E-state index in [1.54, 1.807) is 18.2 Å². The van der Waals surface area contributed by atoms with Crippen molar-refractivity contribution in [1.82, 2.24) is 0 Å². The lowest BCUT2D eigenvalue weighted by Gasteiger charge is -2.21. The molecule has 0 N–H and O–H groups in total. The highest BCUT2D eigenvalue weighted by atomic mass is 79.9. The molecule has 0 radical (unpaired) electrons. The zero-order valence-corrected chi connectivity index (χ0v) is 13.8. The first-order valence-electron chi connectivity index (χ1n) is 5.65. The first-order valence-corrected chi connectivity index (χ1v) is 8.33. The monoisotopic (exact) mass is 348 g/mol. The Kier molecular flexibility index (Phi) is 4.79. The Morgan fingerprint density at radius 2 is 1.95 bits per heavy atom. The predicted molar refractivity (Wildman–Crippen MR) is 78.3 cm³/mol. The van der Waals surface area contributed by atoms with E-state index < -0.39 is 14.6 Å². The van der Waals surface area contributed by atoms with Gasteiger partial charge in [-0.15, -0.1) is 0 Å². The summed E-state index contributed by atoms with van der Waals surface area (Å²) in [6.45, 7) is 2.86. The molecule has 1 aromatic carbocycles. The van der Waals surface area contributed by atoms with Gasteiger partial charge in [-0.2, -0.15) is 0 Å². The number of sulfone groups is 1. The normalized spacial score (nSPS) is 12.3. The van der Waals surface area contributed by atoms with E-state index in [4.69, 9.17) is 4.74 Å². The molecule has 4 nitrogen and oxygen atoms in total. The molecule has 0 heterocycles. The van der Waals surface area contributed by atoms with Crippen LogP contribution in [0.3, 0.4) is 0 Å². The van der Waals surface area contributed by atoms with Crippen LogP contribution in [0.5, 0.6) is 5.75 Å². The Balaban J connectivity index is 3.07. The van der Waals surface area contributed by atoms with Gasteiger partial charge in [-0.1, -0.05) is 15.9 Å². The van der Waals surface area contributed by atoms with Crippen molar-refractivity contribution in [2.45, 2.75) is 25.0 Å². The van der Waals surface area contributed by atoms with Crippen LogP contribution in [-0.2, 0) is 21.1 Å². The lowest BCUT2D eigenvalue weighted by atomic mass is 10.00. The highest BCUT2D eigenvalue weighted by molar-refractivity contribution is 9.10. The molecule has 0 amide bonds. The fraction of sp³-hybridized carbons (Fsp3) is 0.462. The highest BCUT2D eigenvalue weighted by Crippen LogP contribution is 2.26. The molecule has 0 spiro atoms. The zero-order valence-electron chi connectivity index (χ0n) is 11.4. The van der Waals surface area contributed by atoms with Crippen LogP contribution in [0.25, 0.3) is 0 Å². The number of Topliss-reactive ketones (excluding diaryl/α,β-unsaturated/α-hetero) is 1. The van der Waals surface area contributed by atoms with Crippen LogP contribution in [0.4, 0.5) is 0 Å². The first-order chi connectivity index (χ1) is 8.59. The molecule has 0 aliphatic heterocycles. The van der Waals surface area contributed by atoms with E-state index >= 15 is 0 Å². The minimum atomic E-state index is -3.45. The van der Waals surface area contributed by atoms with E-state index in [-0.39, 0.29) is 12.2 Å². The molecule has 0 atom stereocenters. The minimum Gasteiger partial charge on any atom is -0.497 e. The van der Waals surface area contributed by atoms with E-state index in [0.29, 0.717) is 11.3 Å². The van der Waals surface area contributed by atoms with Crippen molar-refractivity contribution in [2.24, 2.45) is 0 Å². The van der Waals surface area contributed by atoms with Gasteiger partial charge in [0.1, 0.15) is 10.5 Å². The number of rotatable bonds is 5. The van der Waals surface area contributed by atoms with E-state index in [9.17, 15) is 13.2 Å². The Hall–Kier alpha value is -0.880. The Morgan fingerprint density at radius 3 is 2.42 bits per heavy atom. The van der Waals surface area contributed by atoms with Gasteiger partial charge in [0.2, 0.25) is 0 Å². The summed E-state index contributed by atoms with van der Waals surface area (Å²) >= 11 is 3.35. The molecule has 106 valence electrons. The van der Waals surface area contributed by atoms with Gasteiger partial charge in [-0.05, 0) is 37.6 Å². The van der Waals surface area contributed by atoms with Gasteiger partial charge >= 0.3 is 0 Å².